The molecule has 0 amide bonds. The number of aromatic nitrogens is 3. The Balaban J connectivity index is 1.65. The van der Waals surface area contributed by atoms with Crippen molar-refractivity contribution >= 4 is 54.6 Å². The molecule has 1 aliphatic heterocycles. The highest BCUT2D eigenvalue weighted by Gasteiger charge is 2.40. The van der Waals surface area contributed by atoms with Gasteiger partial charge in [-0.1, -0.05) is 17.7 Å². The van der Waals surface area contributed by atoms with Gasteiger partial charge < -0.3 is 5.73 Å². The lowest BCUT2D eigenvalue weighted by Crippen LogP contribution is -2.50. The first-order valence-corrected chi connectivity index (χ1v) is 13.4. The third kappa shape index (κ3) is 3.57. The maximum atomic E-state index is 15.3. The number of benzene rings is 1. The first-order chi connectivity index (χ1) is 16.0. The van der Waals surface area contributed by atoms with E-state index in [2.05, 4.69) is 20.9 Å². The Morgan fingerprint density at radius 3 is 2.71 bits per heavy atom. The molecule has 2 atom stereocenters. The van der Waals surface area contributed by atoms with Crippen molar-refractivity contribution in [3.8, 4) is 22.4 Å². The summed E-state index contributed by atoms with van der Waals surface area (Å²) in [6.45, 7) is 1.84. The van der Waals surface area contributed by atoms with Gasteiger partial charge in [-0.3, -0.25) is 14.0 Å². The number of rotatable bonds is 3. The number of aryl methyl sites for hydroxylation is 1. The van der Waals surface area contributed by atoms with Gasteiger partial charge >= 0.3 is 0 Å². The molecule has 176 valence electrons. The van der Waals surface area contributed by atoms with E-state index < -0.39 is 21.1 Å². The standard InChI is InChI=1S/C23H22ClFN6OS2/c1-23(12-34(4,32)31(3)22(26)29-23)21-18(24)16-7-8-27-19(20(16)33-21)15-6-5-13(9-17(15)25)14-10-28-30(2)11-14/h5-11H,4,12H2,1-3H3,(H2,26,29)/t23-,34?/m0/s1. The molecule has 0 fully saturated rings. The van der Waals surface area contributed by atoms with Gasteiger partial charge in [-0.05, 0) is 36.6 Å². The average Bonchev–Trinajstić information content (AvgIpc) is 3.36. The highest BCUT2D eigenvalue weighted by molar-refractivity contribution is 7.98. The summed E-state index contributed by atoms with van der Waals surface area (Å²) in [5.41, 5.74) is 7.52. The van der Waals surface area contributed by atoms with E-state index in [0.29, 0.717) is 21.2 Å². The molecule has 7 nitrogen and oxygen atoms in total. The first-order valence-electron chi connectivity index (χ1n) is 10.3. The van der Waals surface area contributed by atoms with Gasteiger partial charge in [-0.15, -0.1) is 11.3 Å². The normalized spacial score (nSPS) is 22.9. The number of nitrogens with zero attached hydrogens (tertiary/aromatic N) is 5. The predicted molar refractivity (Wildman–Crippen MR) is 139 cm³/mol. The number of thiophene rings is 1. The van der Waals surface area contributed by atoms with Gasteiger partial charge in [0, 0.05) is 43.0 Å². The van der Waals surface area contributed by atoms with Gasteiger partial charge in [-0.2, -0.15) is 5.10 Å². The Morgan fingerprint density at radius 1 is 1.29 bits per heavy atom. The van der Waals surface area contributed by atoms with Gasteiger partial charge in [0.25, 0.3) is 0 Å². The van der Waals surface area contributed by atoms with E-state index in [-0.39, 0.29) is 11.7 Å². The molecular formula is C23H22ClFN6OS2. The summed E-state index contributed by atoms with van der Waals surface area (Å²) in [5.74, 6) is 3.75. The SMILES string of the molecule is C=S1(=O)C[C@@](C)(c2sc3c(-c4ccc(-c5cnn(C)c5)cc4F)nccc3c2Cl)N=C(N)N1C. The number of hydrogen-bond donors (Lipinski definition) is 1. The molecule has 1 unspecified atom stereocenters. The van der Waals surface area contributed by atoms with Crippen molar-refractivity contribution in [1.82, 2.24) is 19.1 Å². The van der Waals surface area contributed by atoms with Crippen LogP contribution in [0.5, 0.6) is 0 Å². The lowest BCUT2D eigenvalue weighted by molar-refractivity contribution is 0.522. The topological polar surface area (TPSA) is 89.4 Å². The van der Waals surface area contributed by atoms with Crippen molar-refractivity contribution in [3.05, 3.63) is 58.6 Å². The van der Waals surface area contributed by atoms with Crippen LogP contribution in [0.3, 0.4) is 0 Å². The molecule has 34 heavy (non-hydrogen) atoms. The highest BCUT2D eigenvalue weighted by Crippen LogP contribution is 2.47. The van der Waals surface area contributed by atoms with Crippen LogP contribution in [-0.4, -0.2) is 47.9 Å². The summed E-state index contributed by atoms with van der Waals surface area (Å²) in [6.07, 6.45) is 5.12. The lowest BCUT2D eigenvalue weighted by Gasteiger charge is -2.36. The molecule has 0 aliphatic carbocycles. The summed E-state index contributed by atoms with van der Waals surface area (Å²) < 4.78 is 32.2. The second kappa shape index (κ2) is 7.79. The van der Waals surface area contributed by atoms with Crippen LogP contribution in [0.2, 0.25) is 5.02 Å². The fourth-order valence-corrected chi connectivity index (χ4v) is 7.73. The van der Waals surface area contributed by atoms with E-state index in [4.69, 9.17) is 17.3 Å². The summed E-state index contributed by atoms with van der Waals surface area (Å²) in [5, 5.41) is 5.35. The van der Waals surface area contributed by atoms with E-state index in [1.807, 2.05) is 26.2 Å². The Kier molecular flexibility index (Phi) is 5.23. The van der Waals surface area contributed by atoms with E-state index in [1.54, 1.807) is 36.3 Å². The van der Waals surface area contributed by atoms with Gasteiger partial charge in [0.05, 0.1) is 42.0 Å². The van der Waals surface area contributed by atoms with Crippen LogP contribution in [0.25, 0.3) is 32.5 Å². The number of fused-ring (bicyclic) bond motifs is 1. The molecule has 5 rings (SSSR count). The maximum absolute atomic E-state index is 15.3. The Labute approximate surface area is 205 Å². The molecule has 0 spiro atoms. The van der Waals surface area contributed by atoms with Crippen LogP contribution in [0, 0.1) is 5.82 Å². The van der Waals surface area contributed by atoms with Crippen LogP contribution in [0.4, 0.5) is 4.39 Å². The van der Waals surface area contributed by atoms with E-state index in [9.17, 15) is 4.21 Å². The molecule has 4 heterocycles. The van der Waals surface area contributed by atoms with Gasteiger partial charge in [0.1, 0.15) is 11.4 Å². The Hall–Kier alpha value is -2.95. The van der Waals surface area contributed by atoms with Crippen LogP contribution >= 0.6 is 22.9 Å². The van der Waals surface area contributed by atoms with E-state index in [0.717, 1.165) is 21.2 Å². The fourth-order valence-electron chi connectivity index (χ4n) is 4.17. The molecule has 1 aliphatic rings. The van der Waals surface area contributed by atoms with E-state index in [1.165, 1.54) is 21.7 Å². The number of guanidine groups is 1. The van der Waals surface area contributed by atoms with Crippen molar-refractivity contribution in [3.63, 3.8) is 0 Å². The van der Waals surface area contributed by atoms with Crippen LogP contribution < -0.4 is 5.73 Å². The molecule has 0 saturated heterocycles. The first kappa shape index (κ1) is 22.8. The zero-order valence-corrected chi connectivity index (χ0v) is 21.1. The minimum absolute atomic E-state index is 0.137. The molecule has 1 aromatic carbocycles. The molecule has 0 saturated carbocycles. The van der Waals surface area contributed by atoms with Gasteiger partial charge in [-0.25, -0.2) is 13.6 Å². The zero-order valence-electron chi connectivity index (χ0n) is 18.7. The Bertz CT molecular complexity index is 1590. The molecule has 11 heteroatoms. The number of aliphatic imine (C=N–C) groups is 1. The minimum Gasteiger partial charge on any atom is -0.369 e. The van der Waals surface area contributed by atoms with Crippen molar-refractivity contribution in [1.29, 1.82) is 0 Å². The van der Waals surface area contributed by atoms with Crippen LogP contribution in [-0.2, 0) is 22.3 Å². The summed E-state index contributed by atoms with van der Waals surface area (Å²) in [6, 6.07) is 6.82. The highest BCUT2D eigenvalue weighted by atomic mass is 35.5. The number of pyridine rings is 1. The molecule has 4 aromatic rings. The fraction of sp³-hybridized carbons (Fsp3) is 0.217. The molecule has 2 N–H and O–H groups in total. The smallest absolute Gasteiger partial charge is 0.203 e. The van der Waals surface area contributed by atoms with Crippen LogP contribution in [0.15, 0.2) is 47.8 Å². The lowest BCUT2D eigenvalue weighted by atomic mass is 10.0. The molecule has 3 aromatic heterocycles. The molecule has 0 radical (unpaired) electrons. The third-order valence-electron chi connectivity index (χ3n) is 5.99. The average molecular weight is 517 g/mol. The number of nitrogens with two attached hydrogens (primary N) is 1. The van der Waals surface area contributed by atoms with Gasteiger partial charge in [0.2, 0.25) is 5.96 Å². The zero-order chi connectivity index (χ0) is 24.4. The van der Waals surface area contributed by atoms with Crippen molar-refractivity contribution in [2.24, 2.45) is 17.8 Å². The summed E-state index contributed by atoms with van der Waals surface area (Å²) in [7, 11) is 0.747. The molecule has 0 bridgehead atoms. The maximum Gasteiger partial charge on any atom is 0.203 e. The predicted octanol–water partition coefficient (Wildman–Crippen LogP) is 4.26. The van der Waals surface area contributed by atoms with Crippen molar-refractivity contribution in [2.45, 2.75) is 12.5 Å². The number of hydrogen-bond acceptors (Lipinski definition) is 6. The van der Waals surface area contributed by atoms with Crippen molar-refractivity contribution < 1.29 is 8.60 Å². The second-order valence-corrected chi connectivity index (χ2v) is 12.3. The minimum atomic E-state index is -2.68. The van der Waals surface area contributed by atoms with Crippen molar-refractivity contribution in [2.75, 3.05) is 12.8 Å². The van der Waals surface area contributed by atoms with Crippen LogP contribution in [0.1, 0.15) is 11.8 Å². The van der Waals surface area contributed by atoms with Gasteiger partial charge in [0.15, 0.2) is 0 Å². The monoisotopic (exact) mass is 516 g/mol. The second-order valence-electron chi connectivity index (χ2n) is 8.54. The largest absolute Gasteiger partial charge is 0.369 e. The van der Waals surface area contributed by atoms with E-state index >= 15 is 4.39 Å². The summed E-state index contributed by atoms with van der Waals surface area (Å²) in [4.78, 5) is 9.78. The Morgan fingerprint density at radius 2 is 2.06 bits per heavy atom. The molecular weight excluding hydrogens is 495 g/mol. The summed E-state index contributed by atoms with van der Waals surface area (Å²) >= 11 is 8.17. The third-order valence-corrected chi connectivity index (χ3v) is 10.2. The quantitative estimate of drug-likeness (QED) is 0.412. The number of halogens is 2.